The van der Waals surface area contributed by atoms with Crippen LogP contribution >= 0.6 is 11.6 Å². The number of carbonyl (C=O) groups excluding carboxylic acids is 1. The Morgan fingerprint density at radius 1 is 1.16 bits per heavy atom. The van der Waals surface area contributed by atoms with Gasteiger partial charge in [-0.3, -0.25) is 4.79 Å². The van der Waals surface area contributed by atoms with Gasteiger partial charge in [0.05, 0.1) is 12.1 Å². The molecule has 0 spiro atoms. The Labute approximate surface area is 113 Å². The molecule has 1 aromatic carbocycles. The van der Waals surface area contributed by atoms with Gasteiger partial charge in [0.1, 0.15) is 0 Å². The normalized spacial score (nSPS) is 10.3. The number of rotatable bonds is 3. The third kappa shape index (κ3) is 3.72. The molecular weight excluding hydrogens is 274 g/mol. The van der Waals surface area contributed by atoms with Gasteiger partial charge in [0.15, 0.2) is 0 Å². The average Bonchev–Trinajstić information content (AvgIpc) is 2.36. The van der Waals surface area contributed by atoms with E-state index >= 15 is 0 Å². The number of halogens is 3. The fourth-order valence-corrected chi connectivity index (χ4v) is 1.61. The van der Waals surface area contributed by atoms with Crippen molar-refractivity contribution in [2.75, 3.05) is 5.32 Å². The van der Waals surface area contributed by atoms with Crippen LogP contribution in [0.1, 0.15) is 5.56 Å². The molecule has 0 fully saturated rings. The quantitative estimate of drug-likeness (QED) is 0.879. The number of amides is 1. The molecule has 2 aromatic rings. The summed E-state index contributed by atoms with van der Waals surface area (Å²) >= 11 is 5.72. The molecule has 0 atom stereocenters. The second-order valence-corrected chi connectivity index (χ2v) is 4.26. The van der Waals surface area contributed by atoms with Crippen molar-refractivity contribution in [2.45, 2.75) is 6.42 Å². The second kappa shape index (κ2) is 5.75. The first kappa shape index (κ1) is 13.4. The van der Waals surface area contributed by atoms with Crippen molar-refractivity contribution >= 4 is 23.2 Å². The molecule has 0 aliphatic heterocycles. The molecule has 6 heteroatoms. The zero-order valence-electron chi connectivity index (χ0n) is 9.66. The van der Waals surface area contributed by atoms with Crippen molar-refractivity contribution in [1.82, 2.24) is 4.98 Å². The van der Waals surface area contributed by atoms with Crippen LogP contribution in [0.5, 0.6) is 0 Å². The van der Waals surface area contributed by atoms with E-state index in [1.165, 1.54) is 0 Å². The van der Waals surface area contributed by atoms with Gasteiger partial charge in [-0.15, -0.1) is 0 Å². The van der Waals surface area contributed by atoms with Crippen molar-refractivity contribution in [3.63, 3.8) is 0 Å². The minimum Gasteiger partial charge on any atom is -0.322 e. The van der Waals surface area contributed by atoms with Crippen molar-refractivity contribution in [3.05, 3.63) is 58.9 Å². The highest BCUT2D eigenvalue weighted by atomic mass is 35.5. The third-order valence-electron chi connectivity index (χ3n) is 2.37. The number of carbonyl (C=O) groups is 1. The van der Waals surface area contributed by atoms with Crippen LogP contribution in [-0.2, 0) is 11.2 Å². The molecule has 1 amide bonds. The van der Waals surface area contributed by atoms with E-state index in [2.05, 4.69) is 10.3 Å². The SMILES string of the molecule is O=C(Cc1ccc(Cl)cc1)Nc1ccc(F)nc1F. The van der Waals surface area contributed by atoms with Crippen molar-refractivity contribution in [3.8, 4) is 0 Å². The molecule has 0 saturated heterocycles. The molecule has 0 unspecified atom stereocenters. The van der Waals surface area contributed by atoms with Gasteiger partial charge in [0.2, 0.25) is 17.8 Å². The van der Waals surface area contributed by atoms with E-state index in [0.29, 0.717) is 5.02 Å². The number of benzene rings is 1. The minimum absolute atomic E-state index is 0.0635. The van der Waals surface area contributed by atoms with E-state index in [4.69, 9.17) is 11.6 Å². The van der Waals surface area contributed by atoms with E-state index in [-0.39, 0.29) is 12.1 Å². The van der Waals surface area contributed by atoms with Crippen LogP contribution < -0.4 is 5.32 Å². The lowest BCUT2D eigenvalue weighted by molar-refractivity contribution is -0.115. The second-order valence-electron chi connectivity index (χ2n) is 3.82. The maximum absolute atomic E-state index is 13.2. The number of hydrogen-bond acceptors (Lipinski definition) is 2. The maximum Gasteiger partial charge on any atom is 0.239 e. The van der Waals surface area contributed by atoms with Gasteiger partial charge in [-0.05, 0) is 29.8 Å². The van der Waals surface area contributed by atoms with Crippen molar-refractivity contribution in [1.29, 1.82) is 0 Å². The molecule has 0 radical (unpaired) electrons. The predicted octanol–water partition coefficient (Wildman–Crippen LogP) is 3.19. The lowest BCUT2D eigenvalue weighted by atomic mass is 10.1. The molecule has 0 bridgehead atoms. The number of hydrogen-bond donors (Lipinski definition) is 1. The van der Waals surface area contributed by atoms with Gasteiger partial charge >= 0.3 is 0 Å². The van der Waals surface area contributed by atoms with Gasteiger partial charge in [0.25, 0.3) is 0 Å². The number of aromatic nitrogens is 1. The van der Waals surface area contributed by atoms with Crippen molar-refractivity contribution < 1.29 is 13.6 Å². The molecule has 19 heavy (non-hydrogen) atoms. The summed E-state index contributed by atoms with van der Waals surface area (Å²) in [7, 11) is 0. The van der Waals surface area contributed by atoms with Crippen LogP contribution in [-0.4, -0.2) is 10.9 Å². The number of nitrogens with one attached hydrogen (secondary N) is 1. The Bertz CT molecular complexity index is 602. The maximum atomic E-state index is 13.2. The Hall–Kier alpha value is -2.01. The number of nitrogens with zero attached hydrogens (tertiary/aromatic N) is 1. The predicted molar refractivity (Wildman–Crippen MR) is 67.9 cm³/mol. The molecular formula is C13H9ClF2N2O. The van der Waals surface area contributed by atoms with Crippen molar-refractivity contribution in [2.24, 2.45) is 0 Å². The Balaban J connectivity index is 2.03. The van der Waals surface area contributed by atoms with E-state index in [1.54, 1.807) is 24.3 Å². The summed E-state index contributed by atoms with van der Waals surface area (Å²) in [6.45, 7) is 0. The summed E-state index contributed by atoms with van der Waals surface area (Å²) in [5.41, 5.74) is 0.581. The zero-order valence-corrected chi connectivity index (χ0v) is 10.4. The lowest BCUT2D eigenvalue weighted by Gasteiger charge is -2.06. The van der Waals surface area contributed by atoms with Crippen LogP contribution in [0.4, 0.5) is 14.5 Å². The van der Waals surface area contributed by atoms with E-state index < -0.39 is 17.8 Å². The van der Waals surface area contributed by atoms with E-state index in [9.17, 15) is 13.6 Å². The lowest BCUT2D eigenvalue weighted by Crippen LogP contribution is -2.16. The largest absolute Gasteiger partial charge is 0.322 e. The molecule has 1 aromatic heterocycles. The van der Waals surface area contributed by atoms with Crippen LogP contribution in [0, 0.1) is 11.9 Å². The van der Waals surface area contributed by atoms with E-state index in [0.717, 1.165) is 17.7 Å². The molecule has 2 rings (SSSR count). The minimum atomic E-state index is -1.05. The van der Waals surface area contributed by atoms with Crippen LogP contribution in [0.3, 0.4) is 0 Å². The smallest absolute Gasteiger partial charge is 0.239 e. The van der Waals surface area contributed by atoms with Crippen LogP contribution in [0.15, 0.2) is 36.4 Å². The van der Waals surface area contributed by atoms with Gasteiger partial charge in [-0.2, -0.15) is 13.8 Å². The Kier molecular flexibility index (Phi) is 4.06. The van der Waals surface area contributed by atoms with Crippen LogP contribution in [0.25, 0.3) is 0 Å². The summed E-state index contributed by atoms with van der Waals surface area (Å²) < 4.78 is 25.8. The summed E-state index contributed by atoms with van der Waals surface area (Å²) in [6, 6.07) is 8.80. The number of pyridine rings is 1. The van der Waals surface area contributed by atoms with Gasteiger partial charge < -0.3 is 5.32 Å². The first-order chi connectivity index (χ1) is 9.04. The molecule has 0 saturated carbocycles. The average molecular weight is 283 g/mol. The van der Waals surface area contributed by atoms with Gasteiger partial charge in [-0.25, -0.2) is 0 Å². The Morgan fingerprint density at radius 2 is 1.84 bits per heavy atom. The summed E-state index contributed by atoms with van der Waals surface area (Å²) in [6.07, 6.45) is 0.0635. The Morgan fingerprint density at radius 3 is 2.47 bits per heavy atom. The standard InChI is InChI=1S/C13H9ClF2N2O/c14-9-3-1-8(2-4-9)7-12(19)17-10-5-6-11(15)18-13(10)16/h1-6H,7H2,(H,17,19). The number of anilines is 1. The van der Waals surface area contributed by atoms with Gasteiger partial charge in [0, 0.05) is 5.02 Å². The monoisotopic (exact) mass is 282 g/mol. The molecule has 0 aliphatic carbocycles. The first-order valence-electron chi connectivity index (χ1n) is 5.41. The topological polar surface area (TPSA) is 42.0 Å². The van der Waals surface area contributed by atoms with Gasteiger partial charge in [-0.1, -0.05) is 23.7 Å². The van der Waals surface area contributed by atoms with Crippen LogP contribution in [0.2, 0.25) is 5.02 Å². The molecule has 1 heterocycles. The highest BCUT2D eigenvalue weighted by molar-refractivity contribution is 6.30. The highest BCUT2D eigenvalue weighted by Gasteiger charge is 2.09. The summed E-state index contributed by atoms with van der Waals surface area (Å²) in [4.78, 5) is 14.7. The summed E-state index contributed by atoms with van der Waals surface area (Å²) in [5.74, 6) is -2.41. The molecule has 0 aliphatic rings. The van der Waals surface area contributed by atoms with E-state index in [1.807, 2.05) is 0 Å². The third-order valence-corrected chi connectivity index (χ3v) is 2.62. The highest BCUT2D eigenvalue weighted by Crippen LogP contribution is 2.13. The molecule has 3 nitrogen and oxygen atoms in total. The molecule has 1 N–H and O–H groups in total. The zero-order chi connectivity index (χ0) is 13.8. The molecule has 98 valence electrons. The summed E-state index contributed by atoms with van der Waals surface area (Å²) in [5, 5.41) is 2.89. The fraction of sp³-hybridized carbons (Fsp3) is 0.0769. The fourth-order valence-electron chi connectivity index (χ4n) is 1.49. The first-order valence-corrected chi connectivity index (χ1v) is 5.79.